The van der Waals surface area contributed by atoms with Crippen molar-refractivity contribution in [2.24, 2.45) is 0 Å². The highest BCUT2D eigenvalue weighted by molar-refractivity contribution is 5.81. The van der Waals surface area contributed by atoms with E-state index in [-0.39, 0.29) is 6.54 Å². The van der Waals surface area contributed by atoms with E-state index in [1.165, 1.54) is 0 Å². The largest absolute Gasteiger partial charge is 0.471 e. The van der Waals surface area contributed by atoms with Crippen LogP contribution in [0.15, 0.2) is 18.3 Å². The van der Waals surface area contributed by atoms with Crippen molar-refractivity contribution in [1.82, 2.24) is 10.3 Å². The maximum Gasteiger partial charge on any atom is 0.471 e. The minimum absolute atomic E-state index is 0.0161. The zero-order valence-electron chi connectivity index (χ0n) is 10.1. The molecule has 0 aliphatic carbocycles. The Morgan fingerprint density at radius 1 is 1.32 bits per heavy atom. The summed E-state index contributed by atoms with van der Waals surface area (Å²) in [5.41, 5.74) is 6.15. The lowest BCUT2D eigenvalue weighted by Crippen LogP contribution is -2.37. The van der Waals surface area contributed by atoms with Crippen LogP contribution in [0.1, 0.15) is 12.8 Å². The van der Waals surface area contributed by atoms with E-state index in [0.29, 0.717) is 30.9 Å². The number of unbranched alkanes of at least 4 members (excludes halogenated alkanes) is 1. The predicted octanol–water partition coefficient (Wildman–Crippen LogP) is 1.53. The third kappa shape index (κ3) is 5.45. The van der Waals surface area contributed by atoms with E-state index in [0.717, 1.165) is 0 Å². The summed E-state index contributed by atoms with van der Waals surface area (Å²) in [5.74, 6) is -1.36. The number of alkyl halides is 3. The Hall–Kier alpha value is -1.99. The average molecular weight is 276 g/mol. The van der Waals surface area contributed by atoms with Crippen molar-refractivity contribution in [3.05, 3.63) is 18.3 Å². The van der Waals surface area contributed by atoms with Gasteiger partial charge in [0.1, 0.15) is 5.82 Å². The molecule has 0 radical (unpaired) electrons. The number of rotatable bonds is 6. The Morgan fingerprint density at radius 3 is 2.63 bits per heavy atom. The lowest BCUT2D eigenvalue weighted by molar-refractivity contribution is -0.173. The fourth-order valence-electron chi connectivity index (χ4n) is 1.32. The predicted molar refractivity (Wildman–Crippen MR) is 65.4 cm³/mol. The number of nitrogens with two attached hydrogens (primary N) is 1. The molecule has 0 unspecified atom stereocenters. The Kier molecular flexibility index (Phi) is 5.40. The van der Waals surface area contributed by atoms with Gasteiger partial charge in [0, 0.05) is 19.3 Å². The van der Waals surface area contributed by atoms with Crippen molar-refractivity contribution in [3.63, 3.8) is 0 Å². The van der Waals surface area contributed by atoms with Gasteiger partial charge in [-0.15, -0.1) is 0 Å². The minimum atomic E-state index is -4.82. The first-order chi connectivity index (χ1) is 8.91. The maximum absolute atomic E-state index is 11.8. The van der Waals surface area contributed by atoms with Crippen LogP contribution in [0.3, 0.4) is 0 Å². The average Bonchev–Trinajstić information content (AvgIpc) is 2.34. The molecule has 1 aromatic rings. The number of pyridine rings is 1. The lowest BCUT2D eigenvalue weighted by atomic mass is 10.3. The maximum atomic E-state index is 11.8. The monoisotopic (exact) mass is 276 g/mol. The molecule has 4 N–H and O–H groups in total. The van der Waals surface area contributed by atoms with Crippen LogP contribution in [0.5, 0.6) is 0 Å². The van der Waals surface area contributed by atoms with E-state index < -0.39 is 12.1 Å². The van der Waals surface area contributed by atoms with Crippen molar-refractivity contribution in [3.8, 4) is 0 Å². The van der Waals surface area contributed by atoms with Crippen molar-refractivity contribution in [2.45, 2.75) is 19.0 Å². The lowest BCUT2D eigenvalue weighted by Gasteiger charge is -2.09. The number of aromatic nitrogens is 1. The Morgan fingerprint density at radius 2 is 2.00 bits per heavy atom. The molecule has 0 aliphatic rings. The van der Waals surface area contributed by atoms with Crippen molar-refractivity contribution in [1.29, 1.82) is 0 Å². The topological polar surface area (TPSA) is 80.0 Å². The number of nitrogen functional groups attached to an aromatic ring is 1. The molecule has 0 fully saturated rings. The van der Waals surface area contributed by atoms with Gasteiger partial charge in [-0.2, -0.15) is 13.2 Å². The molecule has 1 aromatic heterocycles. The molecular formula is C11H15F3N4O. The number of anilines is 2. The van der Waals surface area contributed by atoms with Gasteiger partial charge in [0.05, 0.1) is 5.69 Å². The van der Waals surface area contributed by atoms with Crippen LogP contribution in [0, 0.1) is 0 Å². The molecule has 0 bridgehead atoms. The second kappa shape index (κ2) is 6.81. The summed E-state index contributed by atoms with van der Waals surface area (Å²) >= 11 is 0. The quantitative estimate of drug-likeness (QED) is 0.688. The molecule has 0 saturated heterocycles. The molecule has 1 rings (SSSR count). The van der Waals surface area contributed by atoms with Crippen LogP contribution in [-0.4, -0.2) is 30.2 Å². The highest BCUT2D eigenvalue weighted by atomic mass is 19.4. The second-order valence-corrected chi connectivity index (χ2v) is 3.83. The van der Waals surface area contributed by atoms with Crippen LogP contribution in [0.2, 0.25) is 0 Å². The zero-order chi connectivity index (χ0) is 14.3. The summed E-state index contributed by atoms with van der Waals surface area (Å²) in [7, 11) is 0. The summed E-state index contributed by atoms with van der Waals surface area (Å²) in [6.45, 7) is 0.501. The van der Waals surface area contributed by atoms with Gasteiger partial charge in [0.2, 0.25) is 0 Å². The SMILES string of the molecule is Nc1cccnc1NCCCCNC(=O)C(F)(F)F. The molecule has 0 atom stereocenters. The van der Waals surface area contributed by atoms with Gasteiger partial charge in [-0.05, 0) is 25.0 Å². The molecule has 0 aromatic carbocycles. The first kappa shape index (κ1) is 15.1. The molecule has 19 heavy (non-hydrogen) atoms. The Balaban J connectivity index is 2.13. The molecule has 1 heterocycles. The van der Waals surface area contributed by atoms with Crippen LogP contribution < -0.4 is 16.4 Å². The van der Waals surface area contributed by atoms with E-state index in [9.17, 15) is 18.0 Å². The summed E-state index contributed by atoms with van der Waals surface area (Å²) < 4.78 is 35.5. The van der Waals surface area contributed by atoms with Crippen LogP contribution in [0.25, 0.3) is 0 Å². The van der Waals surface area contributed by atoms with E-state index in [1.54, 1.807) is 23.6 Å². The molecule has 5 nitrogen and oxygen atoms in total. The van der Waals surface area contributed by atoms with Gasteiger partial charge in [0.25, 0.3) is 0 Å². The molecule has 0 aliphatic heterocycles. The van der Waals surface area contributed by atoms with Gasteiger partial charge in [-0.25, -0.2) is 4.98 Å². The van der Waals surface area contributed by atoms with E-state index >= 15 is 0 Å². The minimum Gasteiger partial charge on any atom is -0.396 e. The Bertz CT molecular complexity index is 423. The van der Waals surface area contributed by atoms with Gasteiger partial charge in [-0.1, -0.05) is 0 Å². The summed E-state index contributed by atoms with van der Waals surface area (Å²) in [4.78, 5) is 14.5. The number of carbonyl (C=O) groups is 1. The van der Waals surface area contributed by atoms with Crippen LogP contribution >= 0.6 is 0 Å². The first-order valence-corrected chi connectivity index (χ1v) is 5.70. The highest BCUT2D eigenvalue weighted by Crippen LogP contribution is 2.14. The number of nitrogens with zero attached hydrogens (tertiary/aromatic N) is 1. The third-order valence-corrected chi connectivity index (χ3v) is 2.28. The summed E-state index contributed by atoms with van der Waals surface area (Å²) in [6.07, 6.45) is -2.21. The second-order valence-electron chi connectivity index (χ2n) is 3.83. The molecule has 106 valence electrons. The smallest absolute Gasteiger partial charge is 0.396 e. The van der Waals surface area contributed by atoms with Crippen molar-refractivity contribution in [2.75, 3.05) is 24.1 Å². The summed E-state index contributed by atoms with van der Waals surface area (Å²) in [6, 6.07) is 3.39. The molecule has 8 heteroatoms. The van der Waals surface area contributed by atoms with Crippen LogP contribution in [0.4, 0.5) is 24.7 Å². The Labute approximate surface area is 108 Å². The van der Waals surface area contributed by atoms with E-state index in [1.807, 2.05) is 0 Å². The normalized spacial score (nSPS) is 11.1. The standard InChI is InChI=1S/C11H15F3N4O/c12-11(13,14)10(19)18-6-2-1-5-16-9-8(15)4-3-7-17-9/h3-4,7H,1-2,5-6,15H2,(H,16,17)(H,18,19). The third-order valence-electron chi connectivity index (χ3n) is 2.28. The van der Waals surface area contributed by atoms with Crippen molar-refractivity contribution < 1.29 is 18.0 Å². The highest BCUT2D eigenvalue weighted by Gasteiger charge is 2.38. The van der Waals surface area contributed by atoms with Gasteiger partial charge < -0.3 is 16.4 Å². The number of nitrogens with one attached hydrogen (secondary N) is 2. The number of hydrogen-bond acceptors (Lipinski definition) is 4. The van der Waals surface area contributed by atoms with Gasteiger partial charge in [-0.3, -0.25) is 4.79 Å². The van der Waals surface area contributed by atoms with E-state index in [2.05, 4.69) is 10.3 Å². The summed E-state index contributed by atoms with van der Waals surface area (Å²) in [5, 5.41) is 4.76. The molecule has 1 amide bonds. The molecular weight excluding hydrogens is 261 g/mol. The number of hydrogen-bond donors (Lipinski definition) is 3. The fraction of sp³-hybridized carbons (Fsp3) is 0.455. The van der Waals surface area contributed by atoms with Gasteiger partial charge >= 0.3 is 12.1 Å². The first-order valence-electron chi connectivity index (χ1n) is 5.70. The van der Waals surface area contributed by atoms with Crippen LogP contribution in [-0.2, 0) is 4.79 Å². The fourth-order valence-corrected chi connectivity index (χ4v) is 1.32. The number of halogens is 3. The van der Waals surface area contributed by atoms with Crippen molar-refractivity contribution >= 4 is 17.4 Å². The van der Waals surface area contributed by atoms with E-state index in [4.69, 9.17) is 5.73 Å². The number of amides is 1. The molecule has 0 saturated carbocycles. The molecule has 0 spiro atoms. The zero-order valence-corrected chi connectivity index (χ0v) is 10.1. The van der Waals surface area contributed by atoms with Gasteiger partial charge in [0.15, 0.2) is 0 Å². The number of carbonyl (C=O) groups excluding carboxylic acids is 1.